The summed E-state index contributed by atoms with van der Waals surface area (Å²) in [7, 11) is 2.50. The Morgan fingerprint density at radius 1 is 0.800 bits per heavy atom. The Morgan fingerprint density at radius 2 is 1.20 bits per heavy atom. The predicted octanol–water partition coefficient (Wildman–Crippen LogP) is 3.29. The van der Waals surface area contributed by atoms with E-state index in [4.69, 9.17) is 0 Å². The molecule has 0 spiro atoms. The van der Waals surface area contributed by atoms with Gasteiger partial charge in [-0.2, -0.15) is 36.5 Å². The van der Waals surface area contributed by atoms with Crippen LogP contribution in [0.25, 0.3) is 0 Å². The monoisotopic (exact) mass is 438 g/mol. The molecule has 0 N–H and O–H groups in total. The van der Waals surface area contributed by atoms with Gasteiger partial charge in [0.1, 0.15) is 11.4 Å². The molecule has 1 saturated heterocycles. The van der Waals surface area contributed by atoms with E-state index >= 15 is 0 Å². The number of aromatic nitrogens is 4. The molecule has 0 aliphatic carbocycles. The smallest absolute Gasteiger partial charge is 0.296 e. The lowest BCUT2D eigenvalue weighted by atomic mass is 10.0. The Hall–Kier alpha value is -2.08. The van der Waals surface area contributed by atoms with Crippen molar-refractivity contribution < 1.29 is 26.3 Å². The Labute approximate surface area is 170 Å². The van der Waals surface area contributed by atoms with Crippen molar-refractivity contribution in [2.45, 2.75) is 51.4 Å². The summed E-state index contributed by atoms with van der Waals surface area (Å²) >= 11 is 0. The molecule has 0 amide bonds. The average Bonchev–Trinajstić information content (AvgIpc) is 3.13. The first kappa shape index (κ1) is 22.6. The molecule has 2 aromatic heterocycles. The summed E-state index contributed by atoms with van der Waals surface area (Å²) in [6.07, 6.45) is -6.58. The number of hydrogen-bond donors (Lipinski definition) is 0. The highest BCUT2D eigenvalue weighted by molar-refractivity contribution is 5.22. The van der Waals surface area contributed by atoms with E-state index in [0.717, 1.165) is 9.36 Å². The predicted molar refractivity (Wildman–Crippen MR) is 96.2 cm³/mol. The third-order valence-electron chi connectivity index (χ3n) is 5.49. The van der Waals surface area contributed by atoms with Crippen LogP contribution in [0.15, 0.2) is 12.4 Å². The maximum Gasteiger partial charge on any atom is 0.433 e. The fraction of sp³-hybridized carbons (Fsp3) is 0.667. The molecule has 0 saturated carbocycles. The maximum atomic E-state index is 13.3. The largest absolute Gasteiger partial charge is 0.433 e. The van der Waals surface area contributed by atoms with Gasteiger partial charge >= 0.3 is 12.4 Å². The second-order valence-corrected chi connectivity index (χ2v) is 7.84. The minimum absolute atomic E-state index is 0.0690. The number of nitrogens with zero attached hydrogens (tertiary/aromatic N) is 6. The molecule has 6 nitrogen and oxygen atoms in total. The molecule has 0 bridgehead atoms. The first-order valence-corrected chi connectivity index (χ1v) is 9.43. The van der Waals surface area contributed by atoms with Crippen molar-refractivity contribution in [3.8, 4) is 0 Å². The average molecular weight is 438 g/mol. The number of alkyl halides is 6. The summed E-state index contributed by atoms with van der Waals surface area (Å²) in [5.74, 6) is 0. The van der Waals surface area contributed by atoms with Gasteiger partial charge in [-0.3, -0.25) is 19.2 Å². The Bertz CT molecular complexity index is 871. The van der Waals surface area contributed by atoms with E-state index in [9.17, 15) is 26.3 Å². The first-order chi connectivity index (χ1) is 13.8. The normalized spacial score (nSPS) is 22.1. The van der Waals surface area contributed by atoms with Crippen molar-refractivity contribution in [2.75, 3.05) is 13.1 Å². The van der Waals surface area contributed by atoms with Gasteiger partial charge in [-0.25, -0.2) is 0 Å². The molecule has 0 radical (unpaired) electrons. The van der Waals surface area contributed by atoms with Gasteiger partial charge < -0.3 is 0 Å². The molecule has 3 heterocycles. The molecule has 2 aromatic rings. The van der Waals surface area contributed by atoms with E-state index in [0.29, 0.717) is 13.1 Å². The topological polar surface area (TPSA) is 42.1 Å². The van der Waals surface area contributed by atoms with Gasteiger partial charge in [0, 0.05) is 63.5 Å². The third-order valence-corrected chi connectivity index (χ3v) is 5.49. The quantitative estimate of drug-likeness (QED) is 0.688. The summed E-state index contributed by atoms with van der Waals surface area (Å²) in [5, 5.41) is 7.48. The van der Waals surface area contributed by atoms with Gasteiger partial charge in [0.05, 0.1) is 12.4 Å². The number of halogens is 6. The van der Waals surface area contributed by atoms with Crippen molar-refractivity contribution in [3.05, 3.63) is 34.9 Å². The SMILES string of the molecule is CC1CN(Cc2cnn(C)c2C(F)(F)F)CC(C)N1Cc1cnn(C)c1C(F)(F)F. The van der Waals surface area contributed by atoms with E-state index < -0.39 is 23.7 Å². The molecular weight excluding hydrogens is 414 g/mol. The van der Waals surface area contributed by atoms with Crippen LogP contribution in [0.4, 0.5) is 26.3 Å². The number of piperazine rings is 1. The molecular formula is C18H24F6N6. The lowest BCUT2D eigenvalue weighted by Crippen LogP contribution is -2.55. The van der Waals surface area contributed by atoms with Crippen LogP contribution >= 0.6 is 0 Å². The van der Waals surface area contributed by atoms with Crippen LogP contribution in [0.1, 0.15) is 36.4 Å². The highest BCUT2D eigenvalue weighted by atomic mass is 19.4. The highest BCUT2D eigenvalue weighted by Crippen LogP contribution is 2.34. The van der Waals surface area contributed by atoms with Crippen LogP contribution in [-0.2, 0) is 39.5 Å². The third kappa shape index (κ3) is 4.48. The van der Waals surface area contributed by atoms with E-state index in [1.54, 1.807) is 0 Å². The Balaban J connectivity index is 1.73. The standard InChI is InChI=1S/C18H24F6N6/c1-11-7-29(9-13-5-25-27(3)15(13)17(19,20)21)8-12(2)30(11)10-14-6-26-28(4)16(14)18(22,23)24/h5-6,11-12H,7-10H2,1-4H3. The molecule has 1 aliphatic heterocycles. The summed E-state index contributed by atoms with van der Waals surface area (Å²) in [6, 6.07) is -0.304. The van der Waals surface area contributed by atoms with Crippen molar-refractivity contribution in [1.29, 1.82) is 0 Å². The molecule has 1 aliphatic rings. The highest BCUT2D eigenvalue weighted by Gasteiger charge is 2.40. The van der Waals surface area contributed by atoms with E-state index in [2.05, 4.69) is 10.2 Å². The van der Waals surface area contributed by atoms with Crippen molar-refractivity contribution in [2.24, 2.45) is 14.1 Å². The fourth-order valence-corrected chi connectivity index (χ4v) is 4.27. The van der Waals surface area contributed by atoms with Crippen molar-refractivity contribution >= 4 is 0 Å². The second-order valence-electron chi connectivity index (χ2n) is 7.84. The van der Waals surface area contributed by atoms with Crippen LogP contribution in [-0.4, -0.2) is 54.5 Å². The van der Waals surface area contributed by atoms with Gasteiger partial charge in [-0.05, 0) is 13.8 Å². The minimum Gasteiger partial charge on any atom is -0.296 e. The van der Waals surface area contributed by atoms with Crippen LogP contribution < -0.4 is 0 Å². The zero-order valence-corrected chi connectivity index (χ0v) is 17.1. The Morgan fingerprint density at radius 3 is 1.60 bits per heavy atom. The second kappa shape index (κ2) is 7.88. The fourth-order valence-electron chi connectivity index (χ4n) is 4.27. The van der Waals surface area contributed by atoms with Crippen LogP contribution in [0, 0.1) is 0 Å². The van der Waals surface area contributed by atoms with E-state index in [1.165, 1.54) is 26.5 Å². The van der Waals surface area contributed by atoms with Gasteiger partial charge in [-0.1, -0.05) is 0 Å². The number of aryl methyl sites for hydroxylation is 2. The molecule has 3 rings (SSSR count). The number of rotatable bonds is 4. The van der Waals surface area contributed by atoms with Crippen molar-refractivity contribution in [3.63, 3.8) is 0 Å². The van der Waals surface area contributed by atoms with E-state index in [1.807, 2.05) is 23.6 Å². The summed E-state index contributed by atoms with van der Waals surface area (Å²) in [4.78, 5) is 3.81. The minimum atomic E-state index is -4.51. The van der Waals surface area contributed by atoms with E-state index in [-0.39, 0.29) is 36.3 Å². The van der Waals surface area contributed by atoms with Gasteiger partial charge in [0.25, 0.3) is 0 Å². The summed E-state index contributed by atoms with van der Waals surface area (Å²) in [6.45, 7) is 4.72. The molecule has 2 atom stereocenters. The molecule has 1 fully saturated rings. The number of hydrogen-bond acceptors (Lipinski definition) is 4. The molecule has 168 valence electrons. The lowest BCUT2D eigenvalue weighted by molar-refractivity contribution is -0.145. The zero-order valence-electron chi connectivity index (χ0n) is 17.1. The maximum absolute atomic E-state index is 13.3. The molecule has 12 heteroatoms. The summed E-state index contributed by atoms with van der Waals surface area (Å²) < 4.78 is 81.6. The first-order valence-electron chi connectivity index (χ1n) is 9.43. The van der Waals surface area contributed by atoms with Gasteiger partial charge in [-0.15, -0.1) is 0 Å². The zero-order chi connectivity index (χ0) is 22.4. The van der Waals surface area contributed by atoms with Crippen molar-refractivity contribution in [1.82, 2.24) is 29.4 Å². The summed E-state index contributed by atoms with van der Waals surface area (Å²) in [5.41, 5.74) is -1.39. The van der Waals surface area contributed by atoms with Crippen LogP contribution in [0.5, 0.6) is 0 Å². The molecule has 0 aromatic carbocycles. The Kier molecular flexibility index (Phi) is 5.93. The molecule has 2 unspecified atom stereocenters. The van der Waals surface area contributed by atoms with Gasteiger partial charge in [0.15, 0.2) is 0 Å². The van der Waals surface area contributed by atoms with Crippen LogP contribution in [0.3, 0.4) is 0 Å². The van der Waals surface area contributed by atoms with Crippen LogP contribution in [0.2, 0.25) is 0 Å². The van der Waals surface area contributed by atoms with Gasteiger partial charge in [0.2, 0.25) is 0 Å². The lowest BCUT2D eigenvalue weighted by Gasteiger charge is -2.44. The molecule has 30 heavy (non-hydrogen) atoms.